The monoisotopic (exact) mass is 518 g/mol. The third-order valence-electron chi connectivity index (χ3n) is 7.44. The first kappa shape index (κ1) is 25.8. The first-order valence-electron chi connectivity index (χ1n) is 13.2. The van der Waals surface area contributed by atoms with E-state index in [9.17, 15) is 4.39 Å². The minimum Gasteiger partial charge on any atom is -0.497 e. The number of fused-ring (bicyclic) bond motifs is 1. The molecule has 3 aromatic rings. The minimum atomic E-state index is -0.258. The highest BCUT2D eigenvalue weighted by Crippen LogP contribution is 2.41. The SMILES string of the molecule is COc1ccc(C2=C(c3ccc(OC4CCN(CCCF)C4)cc3)c3ccc(N)cc3CCC2)c(P)c1. The lowest BCUT2D eigenvalue weighted by Gasteiger charge is -2.19. The predicted molar refractivity (Wildman–Crippen MR) is 155 cm³/mol. The molecule has 1 saturated heterocycles. The maximum absolute atomic E-state index is 12.5. The van der Waals surface area contributed by atoms with E-state index < -0.39 is 0 Å². The van der Waals surface area contributed by atoms with Crippen LogP contribution < -0.4 is 20.5 Å². The van der Waals surface area contributed by atoms with Crippen LogP contribution in [0.4, 0.5) is 10.1 Å². The molecule has 1 aliphatic carbocycles. The van der Waals surface area contributed by atoms with Gasteiger partial charge >= 0.3 is 0 Å². The molecule has 0 amide bonds. The van der Waals surface area contributed by atoms with Gasteiger partial charge in [-0.3, -0.25) is 9.29 Å². The molecule has 6 heteroatoms. The van der Waals surface area contributed by atoms with Crippen molar-refractivity contribution >= 4 is 31.4 Å². The topological polar surface area (TPSA) is 47.7 Å². The second-order valence-electron chi connectivity index (χ2n) is 9.97. The van der Waals surface area contributed by atoms with Crippen molar-refractivity contribution in [3.05, 3.63) is 82.9 Å². The number of nitrogens with zero attached hydrogens (tertiary/aromatic N) is 1. The molecule has 2 atom stereocenters. The summed E-state index contributed by atoms with van der Waals surface area (Å²) in [5.74, 6) is 1.74. The van der Waals surface area contributed by atoms with Crippen LogP contribution in [0.25, 0.3) is 11.1 Å². The summed E-state index contributed by atoms with van der Waals surface area (Å²) in [4.78, 5) is 2.29. The molecule has 2 N–H and O–H groups in total. The van der Waals surface area contributed by atoms with E-state index in [1.54, 1.807) is 7.11 Å². The van der Waals surface area contributed by atoms with Crippen LogP contribution >= 0.6 is 9.24 Å². The molecule has 2 unspecified atom stereocenters. The van der Waals surface area contributed by atoms with Gasteiger partial charge in [-0.15, -0.1) is 9.24 Å². The van der Waals surface area contributed by atoms with Crippen LogP contribution in [-0.2, 0) is 6.42 Å². The Morgan fingerprint density at radius 1 is 1.00 bits per heavy atom. The number of rotatable bonds is 8. The van der Waals surface area contributed by atoms with Gasteiger partial charge in [0.1, 0.15) is 17.6 Å². The molecule has 0 saturated carbocycles. The van der Waals surface area contributed by atoms with Crippen LogP contribution in [-0.4, -0.2) is 44.4 Å². The van der Waals surface area contributed by atoms with Gasteiger partial charge in [-0.05, 0) is 107 Å². The molecule has 1 aliphatic heterocycles. The highest BCUT2D eigenvalue weighted by atomic mass is 31.0. The van der Waals surface area contributed by atoms with Crippen molar-refractivity contribution < 1.29 is 13.9 Å². The van der Waals surface area contributed by atoms with Crippen molar-refractivity contribution in [3.8, 4) is 11.5 Å². The van der Waals surface area contributed by atoms with Gasteiger partial charge in [-0.25, -0.2) is 0 Å². The number of aryl methyl sites for hydroxylation is 1. The Kier molecular flexibility index (Phi) is 8.12. The highest BCUT2D eigenvalue weighted by molar-refractivity contribution is 7.27. The van der Waals surface area contributed by atoms with E-state index in [1.807, 2.05) is 12.1 Å². The summed E-state index contributed by atoms with van der Waals surface area (Å²) >= 11 is 0. The van der Waals surface area contributed by atoms with Gasteiger partial charge in [-0.1, -0.05) is 24.3 Å². The summed E-state index contributed by atoms with van der Waals surface area (Å²) < 4.78 is 24.3. The zero-order valence-corrected chi connectivity index (χ0v) is 22.7. The Bertz CT molecular complexity index is 1270. The summed E-state index contributed by atoms with van der Waals surface area (Å²) in [6.07, 6.45) is 4.77. The lowest BCUT2D eigenvalue weighted by Crippen LogP contribution is -2.26. The van der Waals surface area contributed by atoms with E-state index in [4.69, 9.17) is 15.2 Å². The lowest BCUT2D eigenvalue weighted by atomic mass is 9.87. The van der Waals surface area contributed by atoms with E-state index >= 15 is 0 Å². The van der Waals surface area contributed by atoms with E-state index in [1.165, 1.54) is 33.4 Å². The fourth-order valence-corrected chi connectivity index (χ4v) is 6.06. The highest BCUT2D eigenvalue weighted by Gasteiger charge is 2.24. The molecule has 0 aromatic heterocycles. The van der Waals surface area contributed by atoms with Crippen molar-refractivity contribution in [1.29, 1.82) is 0 Å². The van der Waals surface area contributed by atoms with Crippen molar-refractivity contribution in [3.63, 3.8) is 0 Å². The van der Waals surface area contributed by atoms with Crippen LogP contribution in [0.1, 0.15) is 47.9 Å². The fourth-order valence-electron chi connectivity index (χ4n) is 5.62. The van der Waals surface area contributed by atoms with E-state index in [2.05, 4.69) is 62.7 Å². The largest absolute Gasteiger partial charge is 0.497 e. The number of likely N-dealkylation sites (tertiary alicyclic amines) is 1. The third kappa shape index (κ3) is 5.84. The maximum atomic E-state index is 12.5. The van der Waals surface area contributed by atoms with Crippen LogP contribution in [0.5, 0.6) is 11.5 Å². The lowest BCUT2D eigenvalue weighted by molar-refractivity contribution is 0.198. The van der Waals surface area contributed by atoms with Gasteiger partial charge in [-0.2, -0.15) is 0 Å². The van der Waals surface area contributed by atoms with Crippen molar-refractivity contribution in [2.75, 3.05) is 39.2 Å². The first-order valence-corrected chi connectivity index (χ1v) is 13.7. The minimum absolute atomic E-state index is 0.154. The quantitative estimate of drug-likeness (QED) is 0.299. The van der Waals surface area contributed by atoms with Crippen LogP contribution in [0.15, 0.2) is 60.7 Å². The van der Waals surface area contributed by atoms with E-state index in [0.717, 1.165) is 67.8 Å². The van der Waals surface area contributed by atoms with E-state index in [0.29, 0.717) is 6.42 Å². The Hall–Kier alpha value is -2.88. The molecular weight excluding hydrogens is 482 g/mol. The number of hydrogen-bond donors (Lipinski definition) is 1. The number of ether oxygens (including phenoxy) is 2. The molecule has 5 rings (SSSR count). The summed E-state index contributed by atoms with van der Waals surface area (Å²) in [5.41, 5.74) is 14.5. The van der Waals surface area contributed by atoms with Crippen LogP contribution in [0.2, 0.25) is 0 Å². The van der Waals surface area contributed by atoms with Crippen molar-refractivity contribution in [1.82, 2.24) is 4.90 Å². The molecule has 1 heterocycles. The fraction of sp³-hybridized carbons (Fsp3) is 0.355. The van der Waals surface area contributed by atoms with Gasteiger partial charge in [0, 0.05) is 25.3 Å². The normalized spacial score (nSPS) is 18.0. The molecule has 2 aliphatic rings. The molecular formula is C31H36FN2O2P. The van der Waals surface area contributed by atoms with E-state index in [-0.39, 0.29) is 12.8 Å². The van der Waals surface area contributed by atoms with Gasteiger partial charge in [0.15, 0.2) is 0 Å². The molecule has 4 nitrogen and oxygen atoms in total. The molecule has 37 heavy (non-hydrogen) atoms. The van der Waals surface area contributed by atoms with Crippen LogP contribution in [0.3, 0.4) is 0 Å². The second-order valence-corrected chi connectivity index (χ2v) is 10.6. The summed E-state index contributed by atoms with van der Waals surface area (Å²) in [7, 11) is 4.59. The second kappa shape index (κ2) is 11.7. The van der Waals surface area contributed by atoms with Crippen molar-refractivity contribution in [2.24, 2.45) is 0 Å². The standard InChI is InChI=1S/C31H36FN2O2P/c1-35-25-11-13-28(30(37)19-25)29-5-2-4-22-18-23(33)8-12-27(22)31(29)21-6-9-24(10-7-21)36-26-14-17-34(20-26)16-3-15-32/h6-13,18-19,26H,2-5,14-17,20,33,37H2,1H3. The third-order valence-corrected chi connectivity index (χ3v) is 7.92. The molecule has 3 aromatic carbocycles. The predicted octanol–water partition coefficient (Wildman–Crippen LogP) is 5.89. The van der Waals surface area contributed by atoms with Crippen molar-refractivity contribution in [2.45, 2.75) is 38.2 Å². The summed E-state index contributed by atoms with van der Waals surface area (Å²) in [6, 6.07) is 21.1. The molecule has 0 spiro atoms. The average Bonchev–Trinajstić information content (AvgIpc) is 3.27. The average molecular weight is 519 g/mol. The number of allylic oxidation sites excluding steroid dienone is 1. The molecule has 0 radical (unpaired) electrons. The zero-order valence-electron chi connectivity index (χ0n) is 21.5. The Balaban J connectivity index is 1.49. The summed E-state index contributed by atoms with van der Waals surface area (Å²) in [5, 5.41) is 1.13. The number of methoxy groups -OCH3 is 1. The number of nitrogen functional groups attached to an aromatic ring is 1. The Morgan fingerprint density at radius 2 is 1.78 bits per heavy atom. The first-order chi connectivity index (χ1) is 18.1. The number of benzene rings is 3. The number of alkyl halides is 1. The van der Waals surface area contributed by atoms with Gasteiger partial charge in [0.25, 0.3) is 0 Å². The molecule has 0 bridgehead atoms. The Morgan fingerprint density at radius 3 is 2.54 bits per heavy atom. The Labute approximate surface area is 221 Å². The zero-order chi connectivity index (χ0) is 25.8. The smallest absolute Gasteiger partial charge is 0.119 e. The number of nitrogens with two attached hydrogens (primary N) is 1. The number of halogens is 1. The number of anilines is 1. The molecule has 194 valence electrons. The number of hydrogen-bond acceptors (Lipinski definition) is 4. The molecule has 1 fully saturated rings. The maximum Gasteiger partial charge on any atom is 0.119 e. The van der Waals surface area contributed by atoms with Gasteiger partial charge < -0.3 is 15.2 Å². The van der Waals surface area contributed by atoms with Gasteiger partial charge in [0.2, 0.25) is 0 Å². The van der Waals surface area contributed by atoms with Gasteiger partial charge in [0.05, 0.1) is 13.8 Å². The summed E-state index contributed by atoms with van der Waals surface area (Å²) in [6.45, 7) is 2.38. The van der Waals surface area contributed by atoms with Crippen LogP contribution in [0, 0.1) is 0 Å².